The fraction of sp³-hybridized carbons (Fsp3) is 0.375. The Bertz CT molecular complexity index is 640. The lowest BCUT2D eigenvalue weighted by Crippen LogP contribution is -2.19. The predicted molar refractivity (Wildman–Crippen MR) is 88.3 cm³/mol. The zero-order valence-electron chi connectivity index (χ0n) is 13.0. The van der Waals surface area contributed by atoms with Gasteiger partial charge in [-0.05, 0) is 31.0 Å². The smallest absolute Gasteiger partial charge is 0.252 e. The molecule has 0 aliphatic heterocycles. The van der Waals surface area contributed by atoms with Gasteiger partial charge in [0.15, 0.2) is 5.13 Å². The summed E-state index contributed by atoms with van der Waals surface area (Å²) in [5.74, 6) is -0.211. The summed E-state index contributed by atoms with van der Waals surface area (Å²) in [5.41, 5.74) is 4.39. The Morgan fingerprint density at radius 3 is 2.82 bits per heavy atom. The minimum Gasteiger partial charge on any atom is -0.382 e. The lowest BCUT2D eigenvalue weighted by molar-refractivity contribution is -0.121. The van der Waals surface area contributed by atoms with Crippen LogP contribution in [-0.2, 0) is 14.3 Å². The number of amides is 1. The topological polar surface area (TPSA) is 60.5 Å². The number of rotatable bonds is 7. The molecule has 0 bridgehead atoms. The fourth-order valence-corrected chi connectivity index (χ4v) is 2.56. The van der Waals surface area contributed by atoms with Gasteiger partial charge in [0.25, 0.3) is 5.91 Å². The molecule has 0 aliphatic rings. The van der Waals surface area contributed by atoms with Gasteiger partial charge >= 0.3 is 0 Å². The zero-order chi connectivity index (χ0) is 15.9. The average Bonchev–Trinajstić information content (AvgIpc) is 2.95. The highest BCUT2D eigenvalue weighted by atomic mass is 32.1. The minimum absolute atomic E-state index is 0.00190. The fourth-order valence-electron chi connectivity index (χ4n) is 1.83. The zero-order valence-corrected chi connectivity index (χ0v) is 13.8. The number of thiazole rings is 1. The monoisotopic (exact) mass is 320 g/mol. The molecule has 1 aromatic heterocycles. The molecular weight excluding hydrogens is 300 g/mol. The average molecular weight is 320 g/mol. The van der Waals surface area contributed by atoms with Crippen LogP contribution in [0.2, 0.25) is 0 Å². The SMILES string of the molecule is COCCOCC(=O)Nc1nc(-c2ccc(C)c(C)c2)cs1. The van der Waals surface area contributed by atoms with E-state index in [1.54, 1.807) is 7.11 Å². The molecule has 22 heavy (non-hydrogen) atoms. The van der Waals surface area contributed by atoms with Crippen LogP contribution in [-0.4, -0.2) is 37.8 Å². The Morgan fingerprint density at radius 2 is 2.09 bits per heavy atom. The number of hydrogen-bond acceptors (Lipinski definition) is 5. The van der Waals surface area contributed by atoms with Crippen LogP contribution in [0.5, 0.6) is 0 Å². The molecule has 0 saturated heterocycles. The molecule has 118 valence electrons. The molecule has 0 aliphatic carbocycles. The standard InChI is InChI=1S/C16H20N2O3S/c1-11-4-5-13(8-12(11)2)14-10-22-16(17-14)18-15(19)9-21-7-6-20-3/h4-5,8,10H,6-7,9H2,1-3H3,(H,17,18,19). The molecule has 5 nitrogen and oxygen atoms in total. The van der Waals surface area contributed by atoms with E-state index in [0.717, 1.165) is 11.3 Å². The molecule has 2 rings (SSSR count). The summed E-state index contributed by atoms with van der Waals surface area (Å²) in [6.07, 6.45) is 0. The third kappa shape index (κ3) is 4.62. The summed E-state index contributed by atoms with van der Waals surface area (Å²) in [4.78, 5) is 16.2. The van der Waals surface area contributed by atoms with Gasteiger partial charge in [-0.15, -0.1) is 11.3 Å². The maximum absolute atomic E-state index is 11.7. The van der Waals surface area contributed by atoms with Gasteiger partial charge in [-0.25, -0.2) is 4.98 Å². The highest BCUT2D eigenvalue weighted by Crippen LogP contribution is 2.26. The summed E-state index contributed by atoms with van der Waals surface area (Å²) in [6, 6.07) is 6.21. The van der Waals surface area contributed by atoms with Gasteiger partial charge in [0, 0.05) is 18.1 Å². The van der Waals surface area contributed by atoms with Gasteiger partial charge < -0.3 is 9.47 Å². The summed E-state index contributed by atoms with van der Waals surface area (Å²) >= 11 is 1.40. The van der Waals surface area contributed by atoms with E-state index in [0.29, 0.717) is 18.3 Å². The number of anilines is 1. The second-order valence-corrected chi connectivity index (χ2v) is 5.79. The van der Waals surface area contributed by atoms with Crippen LogP contribution in [0, 0.1) is 13.8 Å². The molecule has 0 fully saturated rings. The molecule has 0 radical (unpaired) electrons. The number of ether oxygens (including phenoxy) is 2. The van der Waals surface area contributed by atoms with E-state index in [1.807, 2.05) is 11.4 Å². The lowest BCUT2D eigenvalue weighted by Gasteiger charge is -2.04. The molecule has 1 N–H and O–H groups in total. The molecule has 1 heterocycles. The Morgan fingerprint density at radius 1 is 1.27 bits per heavy atom. The Hall–Kier alpha value is -1.76. The molecule has 0 spiro atoms. The third-order valence-corrected chi connectivity index (χ3v) is 3.98. The van der Waals surface area contributed by atoms with E-state index >= 15 is 0 Å². The van der Waals surface area contributed by atoms with Gasteiger partial charge in [-0.2, -0.15) is 0 Å². The van der Waals surface area contributed by atoms with Crippen LogP contribution in [0.1, 0.15) is 11.1 Å². The van der Waals surface area contributed by atoms with Crippen molar-refractivity contribution in [2.45, 2.75) is 13.8 Å². The first-order valence-corrected chi connectivity index (χ1v) is 7.88. The quantitative estimate of drug-likeness (QED) is 0.797. The molecular formula is C16H20N2O3S. The summed E-state index contributed by atoms with van der Waals surface area (Å²) < 4.78 is 10.0. The first kappa shape index (κ1) is 16.6. The normalized spacial score (nSPS) is 10.7. The number of benzene rings is 1. The third-order valence-electron chi connectivity index (χ3n) is 3.22. The van der Waals surface area contributed by atoms with Crippen molar-refractivity contribution in [3.8, 4) is 11.3 Å². The van der Waals surface area contributed by atoms with E-state index in [1.165, 1.54) is 22.5 Å². The Balaban J connectivity index is 1.93. The summed E-state index contributed by atoms with van der Waals surface area (Å²) in [5, 5.41) is 5.25. The van der Waals surface area contributed by atoms with Gasteiger partial charge in [-0.3, -0.25) is 10.1 Å². The van der Waals surface area contributed by atoms with E-state index < -0.39 is 0 Å². The van der Waals surface area contributed by atoms with Crippen molar-refractivity contribution in [2.75, 3.05) is 32.2 Å². The van der Waals surface area contributed by atoms with Crippen LogP contribution in [0.15, 0.2) is 23.6 Å². The number of nitrogens with one attached hydrogen (secondary N) is 1. The molecule has 1 amide bonds. The Kier molecular flexibility index (Phi) is 6.06. The number of hydrogen-bond donors (Lipinski definition) is 1. The molecule has 0 saturated carbocycles. The molecule has 1 aromatic carbocycles. The van der Waals surface area contributed by atoms with Crippen LogP contribution >= 0.6 is 11.3 Å². The second kappa shape index (κ2) is 8.03. The van der Waals surface area contributed by atoms with Crippen molar-refractivity contribution in [2.24, 2.45) is 0 Å². The summed E-state index contributed by atoms with van der Waals surface area (Å²) in [7, 11) is 1.59. The number of carbonyl (C=O) groups is 1. The first-order valence-electron chi connectivity index (χ1n) is 7.00. The van der Waals surface area contributed by atoms with E-state index in [4.69, 9.17) is 9.47 Å². The van der Waals surface area contributed by atoms with Gasteiger partial charge in [0.05, 0.1) is 18.9 Å². The van der Waals surface area contributed by atoms with Gasteiger partial charge in [0.1, 0.15) is 6.61 Å². The van der Waals surface area contributed by atoms with Crippen molar-refractivity contribution in [3.63, 3.8) is 0 Å². The van der Waals surface area contributed by atoms with Crippen LogP contribution in [0.4, 0.5) is 5.13 Å². The molecule has 6 heteroatoms. The van der Waals surface area contributed by atoms with Crippen LogP contribution in [0.3, 0.4) is 0 Å². The summed E-state index contributed by atoms with van der Waals surface area (Å²) in [6.45, 7) is 5.03. The van der Waals surface area contributed by atoms with E-state index in [2.05, 4.69) is 36.3 Å². The number of nitrogens with zero attached hydrogens (tertiary/aromatic N) is 1. The molecule has 0 unspecified atom stereocenters. The maximum Gasteiger partial charge on any atom is 0.252 e. The van der Waals surface area contributed by atoms with Gasteiger partial charge in [0.2, 0.25) is 0 Å². The van der Waals surface area contributed by atoms with Crippen molar-refractivity contribution in [1.82, 2.24) is 4.98 Å². The number of carbonyl (C=O) groups excluding carboxylic acids is 1. The van der Waals surface area contributed by atoms with E-state index in [9.17, 15) is 4.79 Å². The van der Waals surface area contributed by atoms with E-state index in [-0.39, 0.29) is 12.5 Å². The van der Waals surface area contributed by atoms with Crippen molar-refractivity contribution >= 4 is 22.4 Å². The Labute approximate surface area is 134 Å². The number of aromatic nitrogens is 1. The predicted octanol–water partition coefficient (Wildman–Crippen LogP) is 3.03. The first-order chi connectivity index (χ1) is 10.6. The lowest BCUT2D eigenvalue weighted by atomic mass is 10.1. The van der Waals surface area contributed by atoms with Gasteiger partial charge in [-0.1, -0.05) is 12.1 Å². The largest absolute Gasteiger partial charge is 0.382 e. The van der Waals surface area contributed by atoms with Crippen molar-refractivity contribution in [3.05, 3.63) is 34.7 Å². The second-order valence-electron chi connectivity index (χ2n) is 4.93. The number of methoxy groups -OCH3 is 1. The van der Waals surface area contributed by atoms with Crippen molar-refractivity contribution < 1.29 is 14.3 Å². The molecule has 2 aromatic rings. The van der Waals surface area contributed by atoms with Crippen molar-refractivity contribution in [1.29, 1.82) is 0 Å². The minimum atomic E-state index is -0.211. The number of aryl methyl sites for hydroxylation is 2. The maximum atomic E-state index is 11.7. The highest BCUT2D eigenvalue weighted by Gasteiger charge is 2.08. The molecule has 0 atom stereocenters. The highest BCUT2D eigenvalue weighted by molar-refractivity contribution is 7.14. The van der Waals surface area contributed by atoms with Crippen LogP contribution < -0.4 is 5.32 Å². The van der Waals surface area contributed by atoms with Crippen LogP contribution in [0.25, 0.3) is 11.3 Å².